The minimum Gasteiger partial charge on any atom is -0.462 e. The van der Waals surface area contributed by atoms with Crippen molar-refractivity contribution in [3.63, 3.8) is 0 Å². The van der Waals surface area contributed by atoms with Crippen molar-refractivity contribution in [1.82, 2.24) is 14.5 Å². The first-order valence-corrected chi connectivity index (χ1v) is 8.87. The normalized spacial score (nSPS) is 12.3. The lowest BCUT2D eigenvalue weighted by Crippen LogP contribution is -2.16. The first-order chi connectivity index (χ1) is 12.8. The maximum absolute atomic E-state index is 13.0. The van der Waals surface area contributed by atoms with Gasteiger partial charge in [0.15, 0.2) is 5.78 Å². The van der Waals surface area contributed by atoms with Crippen LogP contribution >= 0.6 is 0 Å². The Morgan fingerprint density at radius 3 is 2.67 bits per heavy atom. The number of H-pyrrole nitrogens is 1. The van der Waals surface area contributed by atoms with E-state index >= 15 is 0 Å². The highest BCUT2D eigenvalue weighted by Gasteiger charge is 2.24. The number of nitrogens with one attached hydrogen (secondary N) is 1. The van der Waals surface area contributed by atoms with E-state index in [1.807, 2.05) is 24.3 Å². The Hall–Kier alpha value is -2.93. The number of aromatic nitrogens is 3. The van der Waals surface area contributed by atoms with Gasteiger partial charge in [-0.1, -0.05) is 12.1 Å². The number of ketones is 1. The number of hydrogen-bond donors (Lipinski definition) is 2. The molecule has 2 heterocycles. The average Bonchev–Trinajstić information content (AvgIpc) is 3.13. The molecule has 0 aliphatic rings. The summed E-state index contributed by atoms with van der Waals surface area (Å²) in [6, 6.07) is 7.42. The van der Waals surface area contributed by atoms with Crippen LogP contribution in [0.15, 0.2) is 24.3 Å². The number of aliphatic hydroxyl groups is 1. The zero-order valence-corrected chi connectivity index (χ0v) is 15.9. The number of aliphatic hydroxyl groups excluding tert-OH is 1. The number of Topliss-reactive ketones (excluding diaryl/α,β-unsaturated/α-hetero) is 1. The molecule has 3 aromatic rings. The topological polar surface area (TPSA) is 97.2 Å². The molecular weight excluding hydrogens is 346 g/mol. The number of carbonyl (C=O) groups excluding carboxylic acids is 2. The predicted octanol–water partition coefficient (Wildman–Crippen LogP) is 3.09. The monoisotopic (exact) mass is 369 g/mol. The second kappa shape index (κ2) is 7.36. The first kappa shape index (κ1) is 18.8. The molecule has 0 bridgehead atoms. The average molecular weight is 369 g/mol. The van der Waals surface area contributed by atoms with Crippen LogP contribution in [0.5, 0.6) is 0 Å². The number of nitrogens with zero attached hydrogens (tertiary/aromatic N) is 2. The second-order valence-electron chi connectivity index (χ2n) is 6.49. The number of para-hydroxylation sites is 2. The fraction of sp³-hybridized carbons (Fsp3) is 0.350. The predicted molar refractivity (Wildman–Crippen MR) is 101 cm³/mol. The maximum Gasteiger partial charge on any atom is 0.340 e. The number of aryl methyl sites for hydroxylation is 1. The van der Waals surface area contributed by atoms with E-state index in [1.54, 1.807) is 32.3 Å². The van der Waals surface area contributed by atoms with Gasteiger partial charge in [-0.2, -0.15) is 0 Å². The highest BCUT2D eigenvalue weighted by molar-refractivity contribution is 6.01. The Morgan fingerprint density at radius 2 is 2.00 bits per heavy atom. The van der Waals surface area contributed by atoms with Gasteiger partial charge in [-0.15, -0.1) is 0 Å². The Morgan fingerprint density at radius 1 is 1.30 bits per heavy atom. The van der Waals surface area contributed by atoms with Gasteiger partial charge in [0, 0.05) is 5.69 Å². The third kappa shape index (κ3) is 3.38. The number of hydrogen-bond acceptors (Lipinski definition) is 5. The smallest absolute Gasteiger partial charge is 0.340 e. The van der Waals surface area contributed by atoms with Gasteiger partial charge in [-0.3, -0.25) is 4.79 Å². The Kier molecular flexibility index (Phi) is 5.14. The van der Waals surface area contributed by atoms with Gasteiger partial charge in [0.2, 0.25) is 0 Å². The van der Waals surface area contributed by atoms with Gasteiger partial charge in [0.25, 0.3) is 0 Å². The summed E-state index contributed by atoms with van der Waals surface area (Å²) in [5.74, 6) is -0.215. The first-order valence-electron chi connectivity index (χ1n) is 8.87. The van der Waals surface area contributed by atoms with Crippen molar-refractivity contribution in [2.75, 3.05) is 6.61 Å². The molecule has 7 heteroatoms. The number of aromatic amines is 1. The molecule has 2 aromatic heterocycles. The second-order valence-corrected chi connectivity index (χ2v) is 6.49. The summed E-state index contributed by atoms with van der Waals surface area (Å²) in [5, 5.41) is 10.1. The third-order valence-electron chi connectivity index (χ3n) is 4.56. The molecule has 1 aromatic carbocycles. The molecule has 27 heavy (non-hydrogen) atoms. The molecule has 7 nitrogen and oxygen atoms in total. The number of imidazole rings is 1. The van der Waals surface area contributed by atoms with E-state index in [-0.39, 0.29) is 18.9 Å². The van der Waals surface area contributed by atoms with Crippen molar-refractivity contribution >= 4 is 22.8 Å². The third-order valence-corrected chi connectivity index (χ3v) is 4.56. The minimum atomic E-state index is -0.813. The van der Waals surface area contributed by atoms with Crippen molar-refractivity contribution < 1.29 is 19.4 Å². The van der Waals surface area contributed by atoms with Crippen LogP contribution in [0.3, 0.4) is 0 Å². The van der Waals surface area contributed by atoms with Crippen LogP contribution in [0.1, 0.15) is 57.9 Å². The summed E-state index contributed by atoms with van der Waals surface area (Å²) in [5.41, 5.74) is 3.41. The van der Waals surface area contributed by atoms with Crippen molar-refractivity contribution in [2.24, 2.45) is 0 Å². The number of rotatable bonds is 6. The largest absolute Gasteiger partial charge is 0.462 e. The van der Waals surface area contributed by atoms with E-state index in [1.165, 1.54) is 0 Å². The molecule has 0 saturated heterocycles. The number of fused-ring (bicyclic) bond motifs is 1. The Balaban J connectivity index is 2.00. The van der Waals surface area contributed by atoms with Crippen LogP contribution in [0.2, 0.25) is 0 Å². The molecule has 0 amide bonds. The maximum atomic E-state index is 13.0. The van der Waals surface area contributed by atoms with Crippen LogP contribution in [-0.2, 0) is 11.3 Å². The van der Waals surface area contributed by atoms with Crippen LogP contribution < -0.4 is 0 Å². The standard InChI is InChI=1S/C20H23N3O4/c1-5-27-20(26)17-11(2)18(21-12(17)3)16(25)10-23-15-9-7-6-8-14(15)22-19(23)13(4)24/h6-9,13,21,24H,5,10H2,1-4H3. The number of ether oxygens (including phenoxy) is 1. The van der Waals surface area contributed by atoms with E-state index in [9.17, 15) is 14.7 Å². The number of carbonyl (C=O) groups is 2. The molecule has 0 saturated carbocycles. The van der Waals surface area contributed by atoms with Crippen molar-refractivity contribution in [2.45, 2.75) is 40.3 Å². The van der Waals surface area contributed by atoms with E-state index in [2.05, 4.69) is 9.97 Å². The number of esters is 1. The molecule has 1 atom stereocenters. The lowest BCUT2D eigenvalue weighted by Gasteiger charge is -2.10. The fourth-order valence-corrected chi connectivity index (χ4v) is 3.34. The van der Waals surface area contributed by atoms with Gasteiger partial charge in [-0.05, 0) is 45.4 Å². The van der Waals surface area contributed by atoms with Gasteiger partial charge >= 0.3 is 5.97 Å². The molecule has 0 spiro atoms. The summed E-state index contributed by atoms with van der Waals surface area (Å²) in [7, 11) is 0. The summed E-state index contributed by atoms with van der Waals surface area (Å²) < 4.78 is 6.79. The zero-order valence-electron chi connectivity index (χ0n) is 15.9. The summed E-state index contributed by atoms with van der Waals surface area (Å²) >= 11 is 0. The van der Waals surface area contributed by atoms with Gasteiger partial charge in [0.1, 0.15) is 11.9 Å². The molecule has 0 radical (unpaired) electrons. The molecule has 2 N–H and O–H groups in total. The molecule has 3 rings (SSSR count). The van der Waals surface area contributed by atoms with Crippen LogP contribution in [-0.4, -0.2) is 38.0 Å². The highest BCUT2D eigenvalue weighted by atomic mass is 16.5. The molecule has 0 aliphatic carbocycles. The molecular formula is C20H23N3O4. The highest BCUT2D eigenvalue weighted by Crippen LogP contribution is 2.24. The summed E-state index contributed by atoms with van der Waals surface area (Å²) in [6.07, 6.45) is -0.813. The fourth-order valence-electron chi connectivity index (χ4n) is 3.34. The summed E-state index contributed by atoms with van der Waals surface area (Å²) in [4.78, 5) is 32.6. The van der Waals surface area contributed by atoms with Crippen molar-refractivity contribution in [3.8, 4) is 0 Å². The lowest BCUT2D eigenvalue weighted by atomic mass is 10.1. The molecule has 142 valence electrons. The van der Waals surface area contributed by atoms with Crippen LogP contribution in [0.25, 0.3) is 11.0 Å². The van der Waals surface area contributed by atoms with Crippen LogP contribution in [0, 0.1) is 13.8 Å². The SMILES string of the molecule is CCOC(=O)c1c(C)[nH]c(C(=O)Cn2c(C(C)O)nc3ccccc32)c1C. The van der Waals surface area contributed by atoms with Crippen LogP contribution in [0.4, 0.5) is 0 Å². The van der Waals surface area contributed by atoms with E-state index in [0.717, 1.165) is 5.52 Å². The molecule has 1 unspecified atom stereocenters. The Labute approximate surface area is 157 Å². The van der Waals surface area contributed by atoms with Gasteiger partial charge in [0.05, 0.1) is 35.4 Å². The van der Waals surface area contributed by atoms with Crippen molar-refractivity contribution in [3.05, 3.63) is 52.6 Å². The minimum absolute atomic E-state index is 0.00378. The number of benzene rings is 1. The van der Waals surface area contributed by atoms with E-state index in [4.69, 9.17) is 4.74 Å². The van der Waals surface area contributed by atoms with E-state index in [0.29, 0.717) is 33.9 Å². The quantitative estimate of drug-likeness (QED) is 0.514. The lowest BCUT2D eigenvalue weighted by molar-refractivity contribution is 0.0525. The molecule has 0 aliphatic heterocycles. The van der Waals surface area contributed by atoms with E-state index < -0.39 is 12.1 Å². The van der Waals surface area contributed by atoms with Gasteiger partial charge in [-0.25, -0.2) is 9.78 Å². The van der Waals surface area contributed by atoms with Crippen molar-refractivity contribution in [1.29, 1.82) is 0 Å². The Bertz CT molecular complexity index is 1010. The van der Waals surface area contributed by atoms with Gasteiger partial charge < -0.3 is 19.4 Å². The zero-order chi connectivity index (χ0) is 19.7. The summed E-state index contributed by atoms with van der Waals surface area (Å²) in [6.45, 7) is 7.09. The molecule has 0 fully saturated rings.